The zero-order chi connectivity index (χ0) is 45.9. The maximum absolute atomic E-state index is 12.8. The predicted molar refractivity (Wildman–Crippen MR) is 240 cm³/mol. The third-order valence-corrected chi connectivity index (χ3v) is 11.0. The van der Waals surface area contributed by atoms with Crippen LogP contribution in [0.15, 0.2) is 72.9 Å². The van der Waals surface area contributed by atoms with Gasteiger partial charge in [-0.2, -0.15) is 0 Å². The number of carbonyl (C=O) groups excluding carboxylic acids is 3. The quantitative estimate of drug-likeness (QED) is 0.00878. The van der Waals surface area contributed by atoms with E-state index >= 15 is 0 Å². The van der Waals surface area contributed by atoms with Gasteiger partial charge in [-0.15, -0.1) is 0 Å². The zero-order valence-electron chi connectivity index (χ0n) is 37.1. The molecule has 6 N–H and O–H groups in total. The molecule has 0 bridgehead atoms. The van der Waals surface area contributed by atoms with Crippen molar-refractivity contribution in [2.45, 2.75) is 191 Å². The Hall–Kier alpha value is -3.04. The SMILES string of the molecule is CC/C=C\C/C=C\C/C=C\C/C=C\CCCCCCC(=O)OC[C@H](COP(=O)(O)OC1[C@H](O)[C@H](O)C(O)[C@H](O)[C@H]1O)OC(=O)CCCCCCC/C=C\C=C\C(=O)CCCCC. The van der Waals surface area contributed by atoms with E-state index in [-0.39, 0.29) is 18.6 Å². The molecule has 0 radical (unpaired) electrons. The Kier molecular flexibility index (Phi) is 33.4. The largest absolute Gasteiger partial charge is 0.472 e. The van der Waals surface area contributed by atoms with Gasteiger partial charge in [0.15, 0.2) is 11.9 Å². The van der Waals surface area contributed by atoms with E-state index in [0.29, 0.717) is 19.3 Å². The van der Waals surface area contributed by atoms with Crippen LogP contribution in [0.1, 0.15) is 149 Å². The van der Waals surface area contributed by atoms with E-state index < -0.39 is 75.7 Å². The molecule has 0 spiro atoms. The highest BCUT2D eigenvalue weighted by molar-refractivity contribution is 7.47. The minimum Gasteiger partial charge on any atom is -0.462 e. The molecule has 1 aliphatic carbocycles. The van der Waals surface area contributed by atoms with E-state index in [0.717, 1.165) is 103 Å². The van der Waals surface area contributed by atoms with Crippen LogP contribution in [0.5, 0.6) is 0 Å². The van der Waals surface area contributed by atoms with Crippen molar-refractivity contribution in [2.75, 3.05) is 13.2 Å². The highest BCUT2D eigenvalue weighted by atomic mass is 31.2. The van der Waals surface area contributed by atoms with Gasteiger partial charge in [-0.05, 0) is 76.7 Å². The van der Waals surface area contributed by atoms with Gasteiger partial charge in [0.05, 0.1) is 6.61 Å². The Bertz CT molecular complexity index is 1420. The summed E-state index contributed by atoms with van der Waals surface area (Å²) in [6.45, 7) is 2.97. The summed E-state index contributed by atoms with van der Waals surface area (Å²) >= 11 is 0. The first-order valence-corrected chi connectivity index (χ1v) is 24.2. The fraction of sp³-hybridized carbons (Fsp3) is 0.681. The fourth-order valence-electron chi connectivity index (χ4n) is 6.32. The van der Waals surface area contributed by atoms with Crippen molar-refractivity contribution >= 4 is 25.5 Å². The molecular formula is C47H77O14P. The van der Waals surface area contributed by atoms with E-state index in [2.05, 4.69) is 62.5 Å². The zero-order valence-corrected chi connectivity index (χ0v) is 38.0. The first-order chi connectivity index (χ1) is 29.8. The van der Waals surface area contributed by atoms with Crippen LogP contribution < -0.4 is 0 Å². The van der Waals surface area contributed by atoms with Crippen LogP contribution in [-0.4, -0.2) is 104 Å². The molecule has 1 saturated carbocycles. The number of hydrogen-bond donors (Lipinski definition) is 6. The number of allylic oxidation sites excluding steroid dienone is 12. The van der Waals surface area contributed by atoms with Crippen LogP contribution >= 0.6 is 7.82 Å². The third kappa shape index (κ3) is 28.6. The van der Waals surface area contributed by atoms with Crippen molar-refractivity contribution in [3.8, 4) is 0 Å². The molecule has 0 aromatic carbocycles. The van der Waals surface area contributed by atoms with Crippen LogP contribution in [-0.2, 0) is 37.5 Å². The topological polar surface area (TPSA) is 227 Å². The number of aliphatic hydroxyl groups excluding tert-OH is 5. The minimum atomic E-state index is -5.15. The Labute approximate surface area is 370 Å². The number of ether oxygens (including phenoxy) is 2. The minimum absolute atomic E-state index is 0.0359. The number of esters is 2. The highest BCUT2D eigenvalue weighted by Gasteiger charge is 2.51. The average molecular weight is 897 g/mol. The summed E-state index contributed by atoms with van der Waals surface area (Å²) in [4.78, 5) is 47.5. The maximum atomic E-state index is 12.8. The molecule has 0 saturated heterocycles. The first-order valence-electron chi connectivity index (χ1n) is 22.7. The molecule has 1 aliphatic rings. The lowest BCUT2D eigenvalue weighted by molar-refractivity contribution is -0.220. The van der Waals surface area contributed by atoms with Crippen molar-refractivity contribution in [2.24, 2.45) is 0 Å². The molecular weight excluding hydrogens is 819 g/mol. The Morgan fingerprint density at radius 1 is 0.565 bits per heavy atom. The van der Waals surface area contributed by atoms with Gasteiger partial charge >= 0.3 is 19.8 Å². The van der Waals surface area contributed by atoms with Crippen molar-refractivity contribution in [1.29, 1.82) is 0 Å². The maximum Gasteiger partial charge on any atom is 0.472 e. The molecule has 0 aliphatic heterocycles. The lowest BCUT2D eigenvalue weighted by atomic mass is 9.85. The van der Waals surface area contributed by atoms with Crippen LogP contribution in [0, 0.1) is 0 Å². The predicted octanol–water partition coefficient (Wildman–Crippen LogP) is 7.90. The normalized spacial score (nSPS) is 22.5. The first kappa shape index (κ1) is 57.0. The Balaban J connectivity index is 2.52. The smallest absolute Gasteiger partial charge is 0.462 e. The van der Waals surface area contributed by atoms with Gasteiger partial charge in [0.25, 0.3) is 0 Å². The second-order valence-corrected chi connectivity index (χ2v) is 17.0. The van der Waals surface area contributed by atoms with Crippen LogP contribution in [0.25, 0.3) is 0 Å². The molecule has 15 heteroatoms. The average Bonchev–Trinajstić information content (AvgIpc) is 3.25. The van der Waals surface area contributed by atoms with E-state index in [9.17, 15) is 49.4 Å². The molecule has 1 fully saturated rings. The summed E-state index contributed by atoms with van der Waals surface area (Å²) in [5.41, 5.74) is 0. The highest BCUT2D eigenvalue weighted by Crippen LogP contribution is 2.47. The van der Waals surface area contributed by atoms with E-state index in [1.54, 1.807) is 12.2 Å². The third-order valence-electron chi connectivity index (χ3n) is 10.0. The molecule has 14 nitrogen and oxygen atoms in total. The lowest BCUT2D eigenvalue weighted by Gasteiger charge is -2.41. The number of carbonyl (C=O) groups is 3. The van der Waals surface area contributed by atoms with E-state index in [1.165, 1.54) is 0 Å². The number of aliphatic hydroxyl groups is 5. The molecule has 354 valence electrons. The molecule has 0 aromatic rings. The number of rotatable bonds is 36. The standard InChI is InChI=1S/C47H77O14P/c1-3-5-7-8-9-10-11-12-13-14-15-16-17-20-23-26-30-34-40(49)58-36-39(37-59-62(56,57)61-47-45(54)43(52)42(51)44(53)46(47)55)60-41(50)35-31-27-24-21-18-19-22-25-29-33-38(48)32-28-6-4-2/h5,7,9-10,12-13,15-16,22,25,29,33,39,42-47,51-55H,3-4,6,8,11,14,17-21,23-24,26-28,30-32,34-37H2,1-2H3,(H,56,57)/b7-5-,10-9-,13-12-,16-15-,25-22-,33-29+/t39-,42?,43-,44+,45-,46-,47?/m1/s1. The number of hydrogen-bond acceptors (Lipinski definition) is 13. The van der Waals surface area contributed by atoms with Gasteiger partial charge in [-0.1, -0.05) is 126 Å². The van der Waals surface area contributed by atoms with Crippen LogP contribution in [0.2, 0.25) is 0 Å². The molecule has 8 atom stereocenters. The van der Waals surface area contributed by atoms with Crippen LogP contribution in [0.4, 0.5) is 0 Å². The van der Waals surface area contributed by atoms with Crippen molar-refractivity contribution in [1.82, 2.24) is 0 Å². The molecule has 3 unspecified atom stereocenters. The summed E-state index contributed by atoms with van der Waals surface area (Å²) < 4.78 is 33.4. The van der Waals surface area contributed by atoms with Gasteiger partial charge in [-0.25, -0.2) is 4.57 Å². The summed E-state index contributed by atoms with van der Waals surface area (Å²) in [7, 11) is -5.15. The Morgan fingerprint density at radius 2 is 1.06 bits per heavy atom. The molecule has 0 amide bonds. The van der Waals surface area contributed by atoms with Crippen molar-refractivity contribution < 1.29 is 67.9 Å². The van der Waals surface area contributed by atoms with Crippen molar-refractivity contribution in [3.05, 3.63) is 72.9 Å². The monoisotopic (exact) mass is 897 g/mol. The van der Waals surface area contributed by atoms with Gasteiger partial charge in [0.1, 0.15) is 43.2 Å². The van der Waals surface area contributed by atoms with Crippen molar-refractivity contribution in [3.63, 3.8) is 0 Å². The number of ketones is 1. The summed E-state index contributed by atoms with van der Waals surface area (Å²) in [6, 6.07) is 0. The van der Waals surface area contributed by atoms with Gasteiger partial charge in [0, 0.05) is 19.3 Å². The van der Waals surface area contributed by atoms with E-state index in [1.807, 2.05) is 12.2 Å². The number of unbranched alkanes of at least 4 members (excludes halogenated alkanes) is 11. The van der Waals surface area contributed by atoms with Gasteiger partial charge < -0.3 is 39.9 Å². The molecule has 62 heavy (non-hydrogen) atoms. The van der Waals surface area contributed by atoms with Crippen LogP contribution in [0.3, 0.4) is 0 Å². The summed E-state index contributed by atoms with van der Waals surface area (Å²) in [5, 5.41) is 50.1. The second kappa shape index (κ2) is 36.3. The molecule has 0 aromatic heterocycles. The molecule has 1 rings (SSSR count). The van der Waals surface area contributed by atoms with E-state index in [4.69, 9.17) is 18.5 Å². The fourth-order valence-corrected chi connectivity index (χ4v) is 7.29. The van der Waals surface area contributed by atoms with Gasteiger partial charge in [-0.3, -0.25) is 23.4 Å². The summed E-state index contributed by atoms with van der Waals surface area (Å²) in [5.74, 6) is -1.06. The van der Waals surface area contributed by atoms with Gasteiger partial charge in [0.2, 0.25) is 0 Å². The number of phosphoric ester groups is 1. The lowest BCUT2D eigenvalue weighted by Crippen LogP contribution is -2.64. The second-order valence-electron chi connectivity index (χ2n) is 15.6. The Morgan fingerprint density at radius 3 is 1.66 bits per heavy atom. The number of phosphoric acid groups is 1. The summed E-state index contributed by atoms with van der Waals surface area (Å²) in [6.07, 6.45) is 27.9. The molecule has 0 heterocycles.